The number of carbonyl (C=O) groups excluding carboxylic acids is 1. The van der Waals surface area contributed by atoms with Crippen molar-refractivity contribution in [1.29, 1.82) is 0 Å². The first-order chi connectivity index (χ1) is 10.3. The maximum Gasteiger partial charge on any atom is 0.215 e. The minimum atomic E-state index is -1.23. The van der Waals surface area contributed by atoms with E-state index in [1.807, 2.05) is 36.4 Å². The average molecular weight is 279 g/mol. The van der Waals surface area contributed by atoms with Crippen LogP contribution in [0.3, 0.4) is 0 Å². The van der Waals surface area contributed by atoms with Gasteiger partial charge in [0.25, 0.3) is 0 Å². The maximum absolute atomic E-state index is 12.4. The summed E-state index contributed by atoms with van der Waals surface area (Å²) in [5.74, 6) is -0.435. The van der Waals surface area contributed by atoms with Crippen molar-refractivity contribution in [2.75, 3.05) is 0 Å². The molecule has 0 bridgehead atoms. The highest BCUT2D eigenvalue weighted by molar-refractivity contribution is 5.98. The minimum Gasteiger partial charge on any atom is -0.380 e. The van der Waals surface area contributed by atoms with Gasteiger partial charge < -0.3 is 5.11 Å². The van der Waals surface area contributed by atoms with Crippen LogP contribution in [-0.4, -0.2) is 25.9 Å². The molecule has 0 amide bonds. The Hall–Kier alpha value is -2.79. The molecule has 0 radical (unpaired) electrons. The normalized spacial score (nSPS) is 12.0. The van der Waals surface area contributed by atoms with Crippen molar-refractivity contribution in [3.8, 4) is 5.69 Å². The number of nitrogens with zero attached hydrogens (tertiary/aromatic N) is 3. The molecule has 1 N–H and O–H groups in total. The standard InChI is InChI=1S/C16H13N3O2/c20-15(12-7-3-1-4-8-12)16(21)14-11-17-18-19(14)13-9-5-2-6-10-13/h1-11,15,20H. The first-order valence-corrected chi connectivity index (χ1v) is 6.51. The summed E-state index contributed by atoms with van der Waals surface area (Å²) in [5, 5.41) is 17.9. The molecule has 3 rings (SSSR count). The third-order valence-electron chi connectivity index (χ3n) is 3.17. The Kier molecular flexibility index (Phi) is 3.57. The lowest BCUT2D eigenvalue weighted by atomic mass is 10.0. The van der Waals surface area contributed by atoms with Crippen LogP contribution in [0.2, 0.25) is 0 Å². The molecule has 1 unspecified atom stereocenters. The lowest BCUT2D eigenvalue weighted by Gasteiger charge is -2.10. The van der Waals surface area contributed by atoms with E-state index in [2.05, 4.69) is 10.3 Å². The summed E-state index contributed by atoms with van der Waals surface area (Å²) >= 11 is 0. The van der Waals surface area contributed by atoms with E-state index in [0.29, 0.717) is 5.56 Å². The van der Waals surface area contributed by atoms with Crippen LogP contribution in [0, 0.1) is 0 Å². The Balaban J connectivity index is 1.95. The van der Waals surface area contributed by atoms with Crippen LogP contribution in [0.15, 0.2) is 66.9 Å². The Bertz CT molecular complexity index is 738. The number of para-hydroxylation sites is 1. The van der Waals surface area contributed by atoms with Gasteiger partial charge >= 0.3 is 0 Å². The molecule has 5 heteroatoms. The zero-order valence-electron chi connectivity index (χ0n) is 11.1. The molecule has 0 saturated carbocycles. The molecule has 0 aliphatic heterocycles. The zero-order chi connectivity index (χ0) is 14.7. The van der Waals surface area contributed by atoms with Crippen LogP contribution in [0.1, 0.15) is 22.2 Å². The van der Waals surface area contributed by atoms with Crippen LogP contribution in [0.4, 0.5) is 0 Å². The van der Waals surface area contributed by atoms with Crippen LogP contribution >= 0.6 is 0 Å². The van der Waals surface area contributed by atoms with E-state index in [4.69, 9.17) is 0 Å². The van der Waals surface area contributed by atoms with E-state index in [1.54, 1.807) is 24.3 Å². The maximum atomic E-state index is 12.4. The SMILES string of the molecule is O=C(c1cnnn1-c1ccccc1)C(O)c1ccccc1. The summed E-state index contributed by atoms with van der Waals surface area (Å²) in [4.78, 5) is 12.4. The number of aliphatic hydroxyl groups excluding tert-OH is 1. The number of Topliss-reactive ketones (excluding diaryl/α,β-unsaturated/α-hetero) is 1. The van der Waals surface area contributed by atoms with Crippen molar-refractivity contribution in [2.24, 2.45) is 0 Å². The molecule has 2 aromatic carbocycles. The number of benzene rings is 2. The molecule has 1 heterocycles. The molecule has 1 atom stereocenters. The lowest BCUT2D eigenvalue weighted by molar-refractivity contribution is 0.0739. The van der Waals surface area contributed by atoms with Gasteiger partial charge in [0.2, 0.25) is 5.78 Å². The molecule has 3 aromatic rings. The molecule has 5 nitrogen and oxygen atoms in total. The number of aliphatic hydroxyl groups is 1. The largest absolute Gasteiger partial charge is 0.380 e. The zero-order valence-corrected chi connectivity index (χ0v) is 11.1. The molecular formula is C16H13N3O2. The molecule has 21 heavy (non-hydrogen) atoms. The fourth-order valence-electron chi connectivity index (χ4n) is 2.09. The highest BCUT2D eigenvalue weighted by Crippen LogP contribution is 2.19. The van der Waals surface area contributed by atoms with Crippen LogP contribution in [-0.2, 0) is 0 Å². The summed E-state index contributed by atoms with van der Waals surface area (Å²) in [5.41, 5.74) is 1.51. The van der Waals surface area contributed by atoms with Crippen molar-refractivity contribution in [3.63, 3.8) is 0 Å². The summed E-state index contributed by atoms with van der Waals surface area (Å²) in [6.07, 6.45) is 0.133. The molecule has 1 aromatic heterocycles. The summed E-state index contributed by atoms with van der Waals surface area (Å²) in [7, 11) is 0. The first kappa shape index (κ1) is 13.2. The Labute approximate surface area is 121 Å². The highest BCUT2D eigenvalue weighted by atomic mass is 16.3. The topological polar surface area (TPSA) is 68.0 Å². The van der Waals surface area contributed by atoms with Crippen molar-refractivity contribution in [3.05, 3.63) is 78.1 Å². The van der Waals surface area contributed by atoms with E-state index < -0.39 is 11.9 Å². The molecule has 104 valence electrons. The highest BCUT2D eigenvalue weighted by Gasteiger charge is 2.23. The van der Waals surface area contributed by atoms with Gasteiger partial charge in [0.05, 0.1) is 11.9 Å². The van der Waals surface area contributed by atoms with Gasteiger partial charge in [0.1, 0.15) is 11.8 Å². The van der Waals surface area contributed by atoms with Gasteiger partial charge in [-0.15, -0.1) is 5.10 Å². The minimum absolute atomic E-state index is 0.248. The number of aromatic nitrogens is 3. The third kappa shape index (κ3) is 2.59. The van der Waals surface area contributed by atoms with E-state index in [9.17, 15) is 9.90 Å². The third-order valence-corrected chi connectivity index (χ3v) is 3.17. The Morgan fingerprint density at radius 2 is 1.62 bits per heavy atom. The van der Waals surface area contributed by atoms with Gasteiger partial charge in [-0.05, 0) is 17.7 Å². The van der Waals surface area contributed by atoms with Crippen molar-refractivity contribution < 1.29 is 9.90 Å². The van der Waals surface area contributed by atoms with Crippen LogP contribution < -0.4 is 0 Å². The van der Waals surface area contributed by atoms with E-state index in [0.717, 1.165) is 5.69 Å². The average Bonchev–Trinajstić information content (AvgIpc) is 3.04. The molecule has 0 spiro atoms. The predicted molar refractivity (Wildman–Crippen MR) is 77.1 cm³/mol. The molecule has 0 saturated heterocycles. The van der Waals surface area contributed by atoms with Gasteiger partial charge in [-0.3, -0.25) is 4.79 Å². The molecule has 0 aliphatic rings. The number of ketones is 1. The van der Waals surface area contributed by atoms with Gasteiger partial charge in [-0.2, -0.15) is 0 Å². The fraction of sp³-hybridized carbons (Fsp3) is 0.0625. The Morgan fingerprint density at radius 1 is 1.00 bits per heavy atom. The smallest absolute Gasteiger partial charge is 0.215 e. The second-order valence-corrected chi connectivity index (χ2v) is 4.54. The van der Waals surface area contributed by atoms with E-state index in [1.165, 1.54) is 10.9 Å². The van der Waals surface area contributed by atoms with Gasteiger partial charge in [0.15, 0.2) is 0 Å². The second kappa shape index (κ2) is 5.68. The van der Waals surface area contributed by atoms with Crippen molar-refractivity contribution >= 4 is 5.78 Å². The first-order valence-electron chi connectivity index (χ1n) is 6.51. The van der Waals surface area contributed by atoms with Crippen molar-refractivity contribution in [1.82, 2.24) is 15.0 Å². The molecule has 0 fully saturated rings. The number of hydrogen-bond donors (Lipinski definition) is 1. The summed E-state index contributed by atoms with van der Waals surface area (Å²) < 4.78 is 1.43. The summed E-state index contributed by atoms with van der Waals surface area (Å²) in [6.45, 7) is 0. The monoisotopic (exact) mass is 279 g/mol. The number of rotatable bonds is 4. The van der Waals surface area contributed by atoms with Gasteiger partial charge in [0, 0.05) is 0 Å². The number of hydrogen-bond acceptors (Lipinski definition) is 4. The molecule has 0 aliphatic carbocycles. The van der Waals surface area contributed by atoms with Gasteiger partial charge in [-0.1, -0.05) is 53.7 Å². The second-order valence-electron chi connectivity index (χ2n) is 4.54. The van der Waals surface area contributed by atoms with E-state index >= 15 is 0 Å². The number of carbonyl (C=O) groups is 1. The summed E-state index contributed by atoms with van der Waals surface area (Å²) in [6, 6.07) is 18.0. The Morgan fingerprint density at radius 3 is 2.29 bits per heavy atom. The van der Waals surface area contributed by atoms with Crippen molar-refractivity contribution in [2.45, 2.75) is 6.10 Å². The van der Waals surface area contributed by atoms with Gasteiger partial charge in [-0.25, -0.2) is 4.68 Å². The fourth-order valence-corrected chi connectivity index (χ4v) is 2.09. The van der Waals surface area contributed by atoms with E-state index in [-0.39, 0.29) is 5.69 Å². The lowest BCUT2D eigenvalue weighted by Crippen LogP contribution is -2.16. The quantitative estimate of drug-likeness (QED) is 0.743. The predicted octanol–water partition coefficient (Wildman–Crippen LogP) is 2.18. The molecular weight excluding hydrogens is 266 g/mol. The van der Waals surface area contributed by atoms with Crippen LogP contribution in [0.25, 0.3) is 5.69 Å². The van der Waals surface area contributed by atoms with Crippen LogP contribution in [0.5, 0.6) is 0 Å².